The Morgan fingerprint density at radius 2 is 1.76 bits per heavy atom. The number of carbonyl (C=O) groups is 1. The molecule has 0 aliphatic rings. The van der Waals surface area contributed by atoms with Gasteiger partial charge in [0.2, 0.25) is 0 Å². The van der Waals surface area contributed by atoms with Gasteiger partial charge < -0.3 is 10.1 Å². The van der Waals surface area contributed by atoms with Crippen LogP contribution in [0, 0.1) is 6.92 Å². The van der Waals surface area contributed by atoms with Gasteiger partial charge in [-0.05, 0) is 43.7 Å². The molecule has 0 radical (unpaired) electrons. The van der Waals surface area contributed by atoms with Gasteiger partial charge in [0.15, 0.2) is 0 Å². The van der Waals surface area contributed by atoms with Gasteiger partial charge in [0.05, 0.1) is 7.11 Å². The molecule has 21 heavy (non-hydrogen) atoms. The van der Waals surface area contributed by atoms with E-state index in [1.165, 1.54) is 18.2 Å². The molecule has 110 valence electrons. The topological polar surface area (TPSA) is 50.4 Å². The first-order chi connectivity index (χ1) is 10.1. The molecule has 4 heteroatoms. The highest BCUT2D eigenvalue weighted by atomic mass is 16.5. The molecule has 0 saturated heterocycles. The predicted molar refractivity (Wildman–Crippen MR) is 85.7 cm³/mol. The number of carbonyl (C=O) groups excluding carboxylic acids is 1. The van der Waals surface area contributed by atoms with Crippen LogP contribution in [0.1, 0.15) is 24.1 Å². The van der Waals surface area contributed by atoms with Crippen molar-refractivity contribution >= 4 is 17.5 Å². The lowest BCUT2D eigenvalue weighted by Crippen LogP contribution is -2.11. The fraction of sp³-hybridized carbons (Fsp3) is 0.235. The van der Waals surface area contributed by atoms with Crippen molar-refractivity contribution in [3.8, 4) is 0 Å². The maximum Gasteiger partial charge on any atom is 0.411 e. The number of nitrogens with one attached hydrogen (secondary N) is 2. The van der Waals surface area contributed by atoms with Crippen molar-refractivity contribution in [3.05, 3.63) is 59.7 Å². The molecule has 1 amide bonds. The van der Waals surface area contributed by atoms with Gasteiger partial charge >= 0.3 is 6.09 Å². The van der Waals surface area contributed by atoms with Crippen LogP contribution in [0.5, 0.6) is 0 Å². The number of ether oxygens (including phenoxy) is 1. The molecular formula is C17H20N2O2. The maximum absolute atomic E-state index is 11.1. The zero-order chi connectivity index (χ0) is 15.2. The van der Waals surface area contributed by atoms with E-state index in [0.29, 0.717) is 5.69 Å². The van der Waals surface area contributed by atoms with E-state index in [4.69, 9.17) is 0 Å². The SMILES string of the molecule is COC(=O)Nc1ccc(NC(C)c2cccc(C)c2)cc1. The number of aryl methyl sites for hydroxylation is 1. The summed E-state index contributed by atoms with van der Waals surface area (Å²) in [6, 6.07) is 16.2. The summed E-state index contributed by atoms with van der Waals surface area (Å²) >= 11 is 0. The molecule has 0 heterocycles. The largest absolute Gasteiger partial charge is 0.453 e. The Kier molecular flexibility index (Phi) is 4.82. The fourth-order valence-electron chi connectivity index (χ4n) is 2.09. The summed E-state index contributed by atoms with van der Waals surface area (Å²) in [7, 11) is 1.34. The zero-order valence-electron chi connectivity index (χ0n) is 12.5. The summed E-state index contributed by atoms with van der Waals surface area (Å²) in [6.07, 6.45) is -0.469. The monoisotopic (exact) mass is 284 g/mol. The summed E-state index contributed by atoms with van der Waals surface area (Å²) in [4.78, 5) is 11.1. The molecule has 0 aliphatic carbocycles. The van der Waals surface area contributed by atoms with Crippen LogP contribution in [0.4, 0.5) is 16.2 Å². The Hall–Kier alpha value is -2.49. The quantitative estimate of drug-likeness (QED) is 0.877. The number of benzene rings is 2. The molecule has 0 saturated carbocycles. The highest BCUT2D eigenvalue weighted by Crippen LogP contribution is 2.21. The van der Waals surface area contributed by atoms with Crippen LogP contribution in [0.3, 0.4) is 0 Å². The predicted octanol–water partition coefficient (Wildman–Crippen LogP) is 4.35. The summed E-state index contributed by atoms with van der Waals surface area (Å²) in [5, 5.41) is 6.06. The standard InChI is InChI=1S/C17H20N2O2/c1-12-5-4-6-14(11-12)13(2)18-15-7-9-16(10-8-15)19-17(20)21-3/h4-11,13,18H,1-3H3,(H,19,20). The molecule has 0 fully saturated rings. The number of anilines is 2. The van der Waals surface area contributed by atoms with Gasteiger partial charge in [-0.1, -0.05) is 29.8 Å². The molecule has 0 spiro atoms. The van der Waals surface area contributed by atoms with Gasteiger partial charge in [-0.15, -0.1) is 0 Å². The maximum atomic E-state index is 11.1. The van der Waals surface area contributed by atoms with Gasteiger partial charge in [0.1, 0.15) is 0 Å². The van der Waals surface area contributed by atoms with Gasteiger partial charge in [-0.25, -0.2) is 4.79 Å². The Labute approximate surface area is 125 Å². The van der Waals surface area contributed by atoms with Crippen molar-refractivity contribution in [2.45, 2.75) is 19.9 Å². The molecule has 2 N–H and O–H groups in total. The zero-order valence-corrected chi connectivity index (χ0v) is 12.5. The molecule has 2 aromatic carbocycles. The second-order valence-corrected chi connectivity index (χ2v) is 4.97. The van der Waals surface area contributed by atoms with E-state index in [1.807, 2.05) is 24.3 Å². The van der Waals surface area contributed by atoms with Crippen LogP contribution in [-0.4, -0.2) is 13.2 Å². The van der Waals surface area contributed by atoms with Gasteiger partial charge in [-0.2, -0.15) is 0 Å². The molecule has 1 unspecified atom stereocenters. The van der Waals surface area contributed by atoms with Crippen molar-refractivity contribution in [1.82, 2.24) is 0 Å². The molecule has 2 rings (SSSR count). The van der Waals surface area contributed by atoms with E-state index in [9.17, 15) is 4.79 Å². The van der Waals surface area contributed by atoms with Crippen LogP contribution >= 0.6 is 0 Å². The van der Waals surface area contributed by atoms with E-state index in [0.717, 1.165) is 5.69 Å². The number of methoxy groups -OCH3 is 1. The molecule has 4 nitrogen and oxygen atoms in total. The van der Waals surface area contributed by atoms with Crippen molar-refractivity contribution in [3.63, 3.8) is 0 Å². The Balaban J connectivity index is 2.01. The summed E-state index contributed by atoms with van der Waals surface area (Å²) in [6.45, 7) is 4.21. The number of hydrogen-bond acceptors (Lipinski definition) is 3. The fourth-order valence-corrected chi connectivity index (χ4v) is 2.09. The average molecular weight is 284 g/mol. The van der Waals surface area contributed by atoms with Crippen LogP contribution in [0.25, 0.3) is 0 Å². The van der Waals surface area contributed by atoms with Crippen LogP contribution in [0.15, 0.2) is 48.5 Å². The minimum Gasteiger partial charge on any atom is -0.453 e. The first-order valence-electron chi connectivity index (χ1n) is 6.86. The number of rotatable bonds is 4. The molecule has 0 bridgehead atoms. The smallest absolute Gasteiger partial charge is 0.411 e. The molecule has 2 aromatic rings. The van der Waals surface area contributed by atoms with Gasteiger partial charge in [-0.3, -0.25) is 5.32 Å². The Bertz CT molecular complexity index is 608. The second-order valence-electron chi connectivity index (χ2n) is 4.97. The number of hydrogen-bond donors (Lipinski definition) is 2. The third-order valence-corrected chi connectivity index (χ3v) is 3.24. The minimum absolute atomic E-state index is 0.212. The van der Waals surface area contributed by atoms with Gasteiger partial charge in [0, 0.05) is 17.4 Å². The van der Waals surface area contributed by atoms with E-state index in [2.05, 4.69) is 53.5 Å². The lowest BCUT2D eigenvalue weighted by Gasteiger charge is -2.16. The summed E-state index contributed by atoms with van der Waals surface area (Å²) in [5.41, 5.74) is 4.19. The van der Waals surface area contributed by atoms with Crippen LogP contribution in [0.2, 0.25) is 0 Å². The first kappa shape index (κ1) is 14.9. The molecule has 0 aliphatic heterocycles. The Morgan fingerprint density at radius 1 is 1.10 bits per heavy atom. The minimum atomic E-state index is -0.469. The first-order valence-corrected chi connectivity index (χ1v) is 6.86. The van der Waals surface area contributed by atoms with Crippen molar-refractivity contribution in [1.29, 1.82) is 0 Å². The molecule has 1 atom stereocenters. The molecule has 0 aromatic heterocycles. The third kappa shape index (κ3) is 4.24. The summed E-state index contributed by atoms with van der Waals surface area (Å²) in [5.74, 6) is 0. The highest BCUT2D eigenvalue weighted by molar-refractivity contribution is 5.84. The highest BCUT2D eigenvalue weighted by Gasteiger charge is 2.06. The van der Waals surface area contributed by atoms with E-state index in [-0.39, 0.29) is 6.04 Å². The third-order valence-electron chi connectivity index (χ3n) is 3.24. The van der Waals surface area contributed by atoms with Crippen LogP contribution < -0.4 is 10.6 Å². The van der Waals surface area contributed by atoms with E-state index < -0.39 is 6.09 Å². The second kappa shape index (κ2) is 6.79. The average Bonchev–Trinajstić information content (AvgIpc) is 2.49. The summed E-state index contributed by atoms with van der Waals surface area (Å²) < 4.78 is 4.55. The van der Waals surface area contributed by atoms with Crippen LogP contribution in [-0.2, 0) is 4.74 Å². The lowest BCUT2D eigenvalue weighted by molar-refractivity contribution is 0.187. The van der Waals surface area contributed by atoms with E-state index >= 15 is 0 Å². The Morgan fingerprint density at radius 3 is 2.38 bits per heavy atom. The van der Waals surface area contributed by atoms with E-state index in [1.54, 1.807) is 0 Å². The lowest BCUT2D eigenvalue weighted by atomic mass is 10.1. The van der Waals surface area contributed by atoms with Crippen molar-refractivity contribution in [2.75, 3.05) is 17.7 Å². The van der Waals surface area contributed by atoms with Gasteiger partial charge in [0.25, 0.3) is 0 Å². The van der Waals surface area contributed by atoms with Crippen molar-refractivity contribution in [2.24, 2.45) is 0 Å². The molecular weight excluding hydrogens is 264 g/mol. The normalized spacial score (nSPS) is 11.6. The number of amides is 1. The van der Waals surface area contributed by atoms with Crippen molar-refractivity contribution < 1.29 is 9.53 Å².